The molecule has 0 aliphatic carbocycles. The molecule has 28 heavy (non-hydrogen) atoms. The van der Waals surface area contributed by atoms with Crippen LogP contribution in [0.4, 0.5) is 0 Å². The van der Waals surface area contributed by atoms with E-state index in [1.165, 1.54) is 102 Å². The van der Waals surface area contributed by atoms with E-state index >= 15 is 0 Å². The van der Waals surface area contributed by atoms with Crippen LogP contribution in [0.2, 0.25) is 0 Å². The van der Waals surface area contributed by atoms with Gasteiger partial charge < -0.3 is 4.90 Å². The van der Waals surface area contributed by atoms with Crippen LogP contribution in [0.1, 0.15) is 96.5 Å². The van der Waals surface area contributed by atoms with E-state index in [1.807, 2.05) is 0 Å². The maximum absolute atomic E-state index is 2.46. The monoisotopic (exact) mass is 405 g/mol. The van der Waals surface area contributed by atoms with Crippen LogP contribution in [0.15, 0.2) is 24.3 Å². The van der Waals surface area contributed by atoms with Crippen LogP contribution in [-0.4, -0.2) is 37.9 Å². The summed E-state index contributed by atoms with van der Waals surface area (Å²) in [5.74, 6) is 0. The molecule has 0 radical (unpaired) electrons. The molecule has 1 nitrogen and oxygen atoms in total. The van der Waals surface area contributed by atoms with E-state index in [1.54, 1.807) is 10.9 Å². The molecule has 0 spiro atoms. The zero-order valence-electron chi connectivity index (χ0n) is 19.5. The van der Waals surface area contributed by atoms with Crippen molar-refractivity contribution < 1.29 is 0 Å². The van der Waals surface area contributed by atoms with Crippen LogP contribution in [-0.2, 0) is 6.42 Å². The molecule has 0 amide bonds. The maximum atomic E-state index is 2.46. The van der Waals surface area contributed by atoms with Gasteiger partial charge in [-0.05, 0) is 75.9 Å². The van der Waals surface area contributed by atoms with Crippen LogP contribution in [0.5, 0.6) is 0 Å². The summed E-state index contributed by atoms with van der Waals surface area (Å²) in [6, 6.07) is 9.43. The van der Waals surface area contributed by atoms with Crippen molar-refractivity contribution in [3.05, 3.63) is 29.8 Å². The first kappa shape index (κ1) is 25.6. The predicted molar refractivity (Wildman–Crippen MR) is 132 cm³/mol. The van der Waals surface area contributed by atoms with Gasteiger partial charge in [-0.3, -0.25) is 0 Å². The third kappa shape index (κ3) is 12.2. The second-order valence-corrected chi connectivity index (χ2v) is 11.2. The number of unbranched alkanes of at least 4 members (excludes halogenated alkanes) is 9. The van der Waals surface area contributed by atoms with Crippen LogP contribution in [0.25, 0.3) is 0 Å². The highest BCUT2D eigenvalue weighted by molar-refractivity contribution is 7.65. The molecular formula is C26H48NP. The first-order chi connectivity index (χ1) is 13.7. The highest BCUT2D eigenvalue weighted by atomic mass is 31.1. The molecular weight excluding hydrogens is 357 g/mol. The third-order valence-electron chi connectivity index (χ3n) is 5.70. The molecule has 0 bridgehead atoms. The Morgan fingerprint density at radius 2 is 1.21 bits per heavy atom. The van der Waals surface area contributed by atoms with Gasteiger partial charge in [-0.25, -0.2) is 0 Å². The van der Waals surface area contributed by atoms with Gasteiger partial charge in [-0.15, -0.1) is 0 Å². The molecule has 0 aliphatic heterocycles. The summed E-state index contributed by atoms with van der Waals surface area (Å²) in [5, 5.41) is 1.74. The fraction of sp³-hybridized carbons (Fsp3) is 0.769. The number of aryl methyl sites for hydroxylation is 1. The van der Waals surface area contributed by atoms with Gasteiger partial charge in [-0.1, -0.05) is 97.4 Å². The van der Waals surface area contributed by atoms with Crippen molar-refractivity contribution in [3.8, 4) is 0 Å². The van der Waals surface area contributed by atoms with E-state index in [9.17, 15) is 0 Å². The Kier molecular flexibility index (Phi) is 16.0. The number of hydrogen-bond acceptors (Lipinski definition) is 1. The number of benzene rings is 1. The van der Waals surface area contributed by atoms with Gasteiger partial charge in [0.1, 0.15) is 0 Å². The third-order valence-corrected chi connectivity index (χ3v) is 8.53. The molecule has 1 aromatic carbocycles. The maximum Gasteiger partial charge on any atom is -0.00248 e. The summed E-state index contributed by atoms with van der Waals surface area (Å²) in [6.07, 6.45) is 20.9. The fourth-order valence-corrected chi connectivity index (χ4v) is 6.88. The van der Waals surface area contributed by atoms with Crippen LogP contribution in [0.3, 0.4) is 0 Å². The van der Waals surface area contributed by atoms with Crippen molar-refractivity contribution >= 4 is 13.2 Å². The van der Waals surface area contributed by atoms with Crippen LogP contribution in [0, 0.1) is 0 Å². The molecule has 0 fully saturated rings. The van der Waals surface area contributed by atoms with Crippen molar-refractivity contribution in [2.45, 2.75) is 97.3 Å². The van der Waals surface area contributed by atoms with Gasteiger partial charge in [0.05, 0.1) is 0 Å². The Labute approximate surface area is 178 Å². The Balaban J connectivity index is 2.30. The van der Waals surface area contributed by atoms with Gasteiger partial charge >= 0.3 is 0 Å². The zero-order chi connectivity index (χ0) is 20.5. The van der Waals surface area contributed by atoms with E-state index < -0.39 is 0 Å². The molecule has 0 unspecified atom stereocenters. The Morgan fingerprint density at radius 3 is 1.79 bits per heavy atom. The smallest absolute Gasteiger partial charge is 0.00248 e. The Morgan fingerprint density at radius 1 is 0.679 bits per heavy atom. The zero-order valence-corrected chi connectivity index (χ0v) is 20.4. The van der Waals surface area contributed by atoms with Gasteiger partial charge in [0.2, 0.25) is 0 Å². The normalized spacial score (nSPS) is 11.6. The first-order valence-corrected chi connectivity index (χ1v) is 13.9. The second-order valence-electron chi connectivity index (χ2n) is 8.70. The second kappa shape index (κ2) is 17.5. The largest absolute Gasteiger partial charge is 0.309 e. The van der Waals surface area contributed by atoms with Crippen molar-refractivity contribution in [2.24, 2.45) is 0 Å². The molecule has 162 valence electrons. The van der Waals surface area contributed by atoms with E-state index in [4.69, 9.17) is 0 Å². The molecule has 0 N–H and O–H groups in total. The lowest BCUT2D eigenvalue weighted by molar-refractivity contribution is 0.389. The van der Waals surface area contributed by atoms with Gasteiger partial charge in [-0.2, -0.15) is 0 Å². The molecule has 0 atom stereocenters. The topological polar surface area (TPSA) is 3.24 Å². The minimum atomic E-state index is 0.0672. The molecule has 0 aliphatic rings. The highest BCUT2D eigenvalue weighted by Crippen LogP contribution is 2.38. The highest BCUT2D eigenvalue weighted by Gasteiger charge is 2.13. The standard InChI is InChI=1S/C26H48NP/c1-5-7-23-28(24-8-6-2)26-21-17-16-20-25(26)19-15-13-11-9-10-12-14-18-22-27(3)4/h16-17,20-21H,5-15,18-19,22-24H2,1-4H3. The summed E-state index contributed by atoms with van der Waals surface area (Å²) < 4.78 is 0. The predicted octanol–water partition coefficient (Wildman–Crippen LogP) is 7.62. The molecule has 0 saturated heterocycles. The van der Waals surface area contributed by atoms with E-state index in [0.29, 0.717) is 0 Å². The minimum absolute atomic E-state index is 0.0672. The molecule has 0 aromatic heterocycles. The number of hydrogen-bond donors (Lipinski definition) is 0. The van der Waals surface area contributed by atoms with Gasteiger partial charge in [0.15, 0.2) is 0 Å². The number of nitrogens with zero attached hydrogens (tertiary/aromatic N) is 1. The summed E-state index contributed by atoms with van der Waals surface area (Å²) >= 11 is 0. The van der Waals surface area contributed by atoms with Crippen molar-refractivity contribution in [1.82, 2.24) is 4.90 Å². The lowest BCUT2D eigenvalue weighted by Crippen LogP contribution is -2.12. The fourth-order valence-electron chi connectivity index (χ4n) is 3.89. The SMILES string of the molecule is CCCCP(CCCC)c1ccccc1CCCCCCCCCCN(C)C. The van der Waals surface area contributed by atoms with Crippen molar-refractivity contribution in [1.29, 1.82) is 0 Å². The van der Waals surface area contributed by atoms with Gasteiger partial charge in [0, 0.05) is 0 Å². The summed E-state index contributed by atoms with van der Waals surface area (Å²) in [5.41, 5.74) is 1.67. The minimum Gasteiger partial charge on any atom is -0.309 e. The molecule has 0 heterocycles. The first-order valence-electron chi connectivity index (χ1n) is 12.2. The van der Waals surface area contributed by atoms with E-state index in [2.05, 4.69) is 57.1 Å². The molecule has 1 rings (SSSR count). The summed E-state index contributed by atoms with van der Waals surface area (Å²) in [6.45, 7) is 5.92. The van der Waals surface area contributed by atoms with Crippen molar-refractivity contribution in [2.75, 3.05) is 33.0 Å². The average molecular weight is 406 g/mol. The summed E-state index contributed by atoms with van der Waals surface area (Å²) in [7, 11) is 4.42. The Bertz CT molecular complexity index is 463. The number of rotatable bonds is 18. The van der Waals surface area contributed by atoms with Crippen LogP contribution < -0.4 is 5.30 Å². The summed E-state index contributed by atoms with van der Waals surface area (Å²) in [4.78, 5) is 2.30. The van der Waals surface area contributed by atoms with E-state index in [0.717, 1.165) is 0 Å². The van der Waals surface area contributed by atoms with Crippen LogP contribution >= 0.6 is 7.92 Å². The molecule has 2 heteroatoms. The lowest BCUT2D eigenvalue weighted by Gasteiger charge is -2.21. The quantitative estimate of drug-likeness (QED) is 0.179. The van der Waals surface area contributed by atoms with Gasteiger partial charge in [0.25, 0.3) is 0 Å². The lowest BCUT2D eigenvalue weighted by atomic mass is 10.0. The molecule has 1 aromatic rings. The average Bonchev–Trinajstić information content (AvgIpc) is 2.70. The van der Waals surface area contributed by atoms with E-state index in [-0.39, 0.29) is 7.92 Å². The van der Waals surface area contributed by atoms with Crippen molar-refractivity contribution in [3.63, 3.8) is 0 Å². The Hall–Kier alpha value is -0.390. The molecule has 0 saturated carbocycles.